The molecular formula is C16H21ClN2O2S. The summed E-state index contributed by atoms with van der Waals surface area (Å²) < 4.78 is 5.15. The van der Waals surface area contributed by atoms with Gasteiger partial charge in [0.05, 0.1) is 13.7 Å². The van der Waals surface area contributed by atoms with E-state index < -0.39 is 0 Å². The molecule has 0 saturated heterocycles. The van der Waals surface area contributed by atoms with E-state index in [0.29, 0.717) is 13.1 Å². The van der Waals surface area contributed by atoms with Gasteiger partial charge in [0, 0.05) is 17.3 Å². The average molecular weight is 341 g/mol. The molecule has 2 rings (SSSR count). The minimum Gasteiger partial charge on any atom is -0.497 e. The maximum atomic E-state index is 11.7. The van der Waals surface area contributed by atoms with E-state index in [1.54, 1.807) is 18.4 Å². The number of rotatable bonds is 6. The number of methoxy groups -OCH3 is 1. The van der Waals surface area contributed by atoms with E-state index in [-0.39, 0.29) is 24.2 Å². The summed E-state index contributed by atoms with van der Waals surface area (Å²) in [5, 5.41) is 5.00. The molecule has 1 aromatic heterocycles. The van der Waals surface area contributed by atoms with Gasteiger partial charge in [0.1, 0.15) is 5.75 Å². The van der Waals surface area contributed by atoms with Gasteiger partial charge in [0.2, 0.25) is 5.91 Å². The second kappa shape index (κ2) is 8.78. The number of nitrogens with one attached hydrogen (secondary N) is 1. The van der Waals surface area contributed by atoms with Crippen molar-refractivity contribution >= 4 is 29.7 Å². The largest absolute Gasteiger partial charge is 0.497 e. The Morgan fingerprint density at radius 2 is 2.00 bits per heavy atom. The Kier molecular flexibility index (Phi) is 7.38. The molecule has 2 aromatic rings. The number of benzene rings is 1. The van der Waals surface area contributed by atoms with Crippen LogP contribution in [0.25, 0.3) is 11.1 Å². The van der Waals surface area contributed by atoms with Crippen LogP contribution in [-0.4, -0.2) is 19.6 Å². The topological polar surface area (TPSA) is 64.3 Å². The third-order valence-corrected chi connectivity index (χ3v) is 4.25. The predicted octanol–water partition coefficient (Wildman–Crippen LogP) is 3.06. The van der Waals surface area contributed by atoms with Crippen molar-refractivity contribution in [2.75, 3.05) is 13.7 Å². The highest BCUT2D eigenvalue weighted by Crippen LogP contribution is 2.27. The third-order valence-electron chi connectivity index (χ3n) is 3.32. The van der Waals surface area contributed by atoms with Crippen molar-refractivity contribution in [3.63, 3.8) is 0 Å². The van der Waals surface area contributed by atoms with E-state index in [9.17, 15) is 4.79 Å². The molecule has 0 spiro atoms. The molecule has 0 aliphatic carbocycles. The highest BCUT2D eigenvalue weighted by Gasteiger charge is 2.10. The van der Waals surface area contributed by atoms with E-state index >= 15 is 0 Å². The minimum absolute atomic E-state index is 0. The van der Waals surface area contributed by atoms with Crippen molar-refractivity contribution in [2.45, 2.75) is 13.5 Å². The molecule has 1 heterocycles. The zero-order valence-corrected chi connectivity index (χ0v) is 14.3. The third kappa shape index (κ3) is 4.73. The van der Waals surface area contributed by atoms with E-state index in [1.807, 2.05) is 31.2 Å². The van der Waals surface area contributed by atoms with Gasteiger partial charge in [0.25, 0.3) is 0 Å². The molecule has 22 heavy (non-hydrogen) atoms. The molecule has 0 radical (unpaired) electrons. The summed E-state index contributed by atoms with van der Waals surface area (Å²) >= 11 is 1.64. The van der Waals surface area contributed by atoms with Crippen LogP contribution in [0, 0.1) is 5.92 Å². The standard InChI is InChI=1S/C16H20N2O2S.ClH/c1-11(8-17)16(19)18-9-15-7-13(10-21-15)12-3-5-14(20-2)6-4-12;/h3-7,10-11H,8-9,17H2,1-2H3,(H,18,19);1H. The number of ether oxygens (including phenoxy) is 1. The lowest BCUT2D eigenvalue weighted by atomic mass is 10.1. The Bertz CT molecular complexity index is 598. The Morgan fingerprint density at radius 3 is 2.59 bits per heavy atom. The van der Waals surface area contributed by atoms with Crippen LogP contribution in [0.4, 0.5) is 0 Å². The first-order chi connectivity index (χ1) is 10.1. The van der Waals surface area contributed by atoms with Crippen LogP contribution in [0.5, 0.6) is 5.75 Å². The molecule has 1 aromatic carbocycles. The molecule has 0 fully saturated rings. The quantitative estimate of drug-likeness (QED) is 0.849. The lowest BCUT2D eigenvalue weighted by Gasteiger charge is -2.08. The Hall–Kier alpha value is -1.56. The first kappa shape index (κ1) is 18.5. The van der Waals surface area contributed by atoms with E-state index in [0.717, 1.165) is 21.8 Å². The summed E-state index contributed by atoms with van der Waals surface area (Å²) in [5.74, 6) is 0.695. The van der Waals surface area contributed by atoms with Crippen molar-refractivity contribution < 1.29 is 9.53 Å². The van der Waals surface area contributed by atoms with E-state index in [4.69, 9.17) is 10.5 Å². The number of carbonyl (C=O) groups excluding carboxylic acids is 1. The molecule has 0 aliphatic heterocycles. The fraction of sp³-hybridized carbons (Fsp3) is 0.312. The van der Waals surface area contributed by atoms with Crippen LogP contribution in [0.2, 0.25) is 0 Å². The molecule has 3 N–H and O–H groups in total. The van der Waals surface area contributed by atoms with Crippen molar-refractivity contribution in [1.29, 1.82) is 0 Å². The van der Waals surface area contributed by atoms with E-state index in [2.05, 4.69) is 16.8 Å². The zero-order valence-electron chi connectivity index (χ0n) is 12.7. The van der Waals surface area contributed by atoms with Gasteiger partial charge >= 0.3 is 0 Å². The van der Waals surface area contributed by atoms with Crippen LogP contribution in [0.3, 0.4) is 0 Å². The number of halogens is 1. The Morgan fingerprint density at radius 1 is 1.32 bits per heavy atom. The smallest absolute Gasteiger partial charge is 0.224 e. The summed E-state index contributed by atoms with van der Waals surface area (Å²) in [7, 11) is 1.66. The number of amides is 1. The lowest BCUT2D eigenvalue weighted by molar-refractivity contribution is -0.124. The monoisotopic (exact) mass is 340 g/mol. The molecule has 120 valence electrons. The first-order valence-electron chi connectivity index (χ1n) is 6.83. The molecule has 1 unspecified atom stereocenters. The molecule has 6 heteroatoms. The molecular weight excluding hydrogens is 320 g/mol. The maximum Gasteiger partial charge on any atom is 0.224 e. The van der Waals surface area contributed by atoms with Crippen molar-refractivity contribution in [3.05, 3.63) is 40.6 Å². The number of nitrogens with two attached hydrogens (primary N) is 1. The molecule has 1 amide bonds. The van der Waals surface area contributed by atoms with Gasteiger partial charge in [-0.25, -0.2) is 0 Å². The van der Waals surface area contributed by atoms with Crippen LogP contribution >= 0.6 is 23.7 Å². The van der Waals surface area contributed by atoms with Crippen LogP contribution in [0.1, 0.15) is 11.8 Å². The number of thiophene rings is 1. The SMILES string of the molecule is COc1ccc(-c2csc(CNC(=O)C(C)CN)c2)cc1.Cl. The van der Waals surface area contributed by atoms with Gasteiger partial charge in [-0.05, 0) is 34.7 Å². The molecule has 0 aliphatic rings. The number of hydrogen-bond acceptors (Lipinski definition) is 4. The Balaban J connectivity index is 0.00000242. The van der Waals surface area contributed by atoms with Gasteiger partial charge in [-0.3, -0.25) is 4.79 Å². The summed E-state index contributed by atoms with van der Waals surface area (Å²) in [4.78, 5) is 12.8. The van der Waals surface area contributed by atoms with Crippen molar-refractivity contribution in [3.8, 4) is 16.9 Å². The summed E-state index contributed by atoms with van der Waals surface area (Å²) in [5.41, 5.74) is 7.77. The van der Waals surface area contributed by atoms with Crippen LogP contribution in [-0.2, 0) is 11.3 Å². The minimum atomic E-state index is -0.147. The summed E-state index contributed by atoms with van der Waals surface area (Å²) in [6, 6.07) is 10.0. The van der Waals surface area contributed by atoms with Crippen molar-refractivity contribution in [1.82, 2.24) is 5.32 Å². The normalized spacial score (nSPS) is 11.4. The Labute approximate surface area is 141 Å². The lowest BCUT2D eigenvalue weighted by Crippen LogP contribution is -2.32. The van der Waals surface area contributed by atoms with Gasteiger partial charge in [0.15, 0.2) is 0 Å². The highest BCUT2D eigenvalue weighted by atomic mass is 35.5. The molecule has 0 saturated carbocycles. The summed E-state index contributed by atoms with van der Waals surface area (Å²) in [6.45, 7) is 2.74. The molecule has 0 bridgehead atoms. The molecule has 4 nitrogen and oxygen atoms in total. The number of carbonyl (C=O) groups is 1. The predicted molar refractivity (Wildman–Crippen MR) is 93.6 cm³/mol. The second-order valence-electron chi connectivity index (χ2n) is 4.88. The van der Waals surface area contributed by atoms with Gasteiger partial charge < -0.3 is 15.8 Å². The maximum absolute atomic E-state index is 11.7. The van der Waals surface area contributed by atoms with Crippen LogP contribution < -0.4 is 15.8 Å². The number of hydrogen-bond donors (Lipinski definition) is 2. The highest BCUT2D eigenvalue weighted by molar-refractivity contribution is 7.10. The van der Waals surface area contributed by atoms with Gasteiger partial charge in [-0.15, -0.1) is 23.7 Å². The van der Waals surface area contributed by atoms with Gasteiger partial charge in [-0.1, -0.05) is 19.1 Å². The second-order valence-corrected chi connectivity index (χ2v) is 5.88. The average Bonchev–Trinajstić information content (AvgIpc) is 3.00. The summed E-state index contributed by atoms with van der Waals surface area (Å²) in [6.07, 6.45) is 0. The first-order valence-corrected chi connectivity index (χ1v) is 7.71. The fourth-order valence-corrected chi connectivity index (χ4v) is 2.70. The molecule has 1 atom stereocenters. The van der Waals surface area contributed by atoms with Gasteiger partial charge in [-0.2, -0.15) is 0 Å². The van der Waals surface area contributed by atoms with Crippen LogP contribution in [0.15, 0.2) is 35.7 Å². The zero-order chi connectivity index (χ0) is 15.2. The fourth-order valence-electron chi connectivity index (χ4n) is 1.86. The van der Waals surface area contributed by atoms with E-state index in [1.165, 1.54) is 0 Å². The van der Waals surface area contributed by atoms with Crippen molar-refractivity contribution in [2.24, 2.45) is 11.7 Å².